The highest BCUT2D eigenvalue weighted by molar-refractivity contribution is 5.73. The van der Waals surface area contributed by atoms with Crippen LogP contribution in [0.15, 0.2) is 30.3 Å². The number of hydrogen-bond donors (Lipinski definition) is 1. The lowest BCUT2D eigenvalue weighted by atomic mass is 10.1. The third-order valence-corrected chi connectivity index (χ3v) is 3.25. The summed E-state index contributed by atoms with van der Waals surface area (Å²) in [7, 11) is 0. The summed E-state index contributed by atoms with van der Waals surface area (Å²) in [6, 6.07) is 6.75. The molecule has 1 aromatic rings. The first-order chi connectivity index (χ1) is 8.50. The van der Waals surface area contributed by atoms with E-state index in [9.17, 15) is 13.6 Å². The van der Waals surface area contributed by atoms with Crippen LogP contribution in [0, 0.1) is 0 Å². The fraction of sp³-hybridized carbons (Fsp3) is 0.462. The number of carboxylic acids is 1. The van der Waals surface area contributed by atoms with Gasteiger partial charge in [-0.15, -0.1) is 0 Å². The number of halogens is 2. The molecule has 0 aromatic heterocycles. The molecule has 1 aliphatic heterocycles. The maximum Gasteiger partial charge on any atom is 0.320 e. The van der Waals surface area contributed by atoms with Gasteiger partial charge in [-0.2, -0.15) is 8.78 Å². The van der Waals surface area contributed by atoms with Crippen LogP contribution in [0.3, 0.4) is 0 Å². The largest absolute Gasteiger partial charge is 0.480 e. The van der Waals surface area contributed by atoms with E-state index >= 15 is 0 Å². The number of rotatable bonds is 4. The third-order valence-electron chi connectivity index (χ3n) is 3.25. The summed E-state index contributed by atoms with van der Waals surface area (Å²) < 4.78 is 28.0. The second kappa shape index (κ2) is 5.02. The lowest BCUT2D eigenvalue weighted by Crippen LogP contribution is -2.42. The minimum absolute atomic E-state index is 0.0685. The molecule has 1 unspecified atom stereocenters. The van der Waals surface area contributed by atoms with Crippen molar-refractivity contribution in [2.75, 3.05) is 13.1 Å². The van der Waals surface area contributed by atoms with Crippen molar-refractivity contribution in [1.82, 2.24) is 4.90 Å². The van der Waals surface area contributed by atoms with Crippen LogP contribution in [0.5, 0.6) is 0 Å². The number of benzene rings is 1. The van der Waals surface area contributed by atoms with Gasteiger partial charge in [0.25, 0.3) is 5.92 Å². The molecule has 1 saturated heterocycles. The summed E-state index contributed by atoms with van der Waals surface area (Å²) in [5, 5.41) is 8.96. The number of carbonyl (C=O) groups is 1. The van der Waals surface area contributed by atoms with Crippen LogP contribution in [0.1, 0.15) is 18.4 Å². The fourth-order valence-electron chi connectivity index (χ4n) is 2.32. The van der Waals surface area contributed by atoms with Gasteiger partial charge < -0.3 is 5.11 Å². The number of aliphatic carboxylic acids is 1. The van der Waals surface area contributed by atoms with Crippen molar-refractivity contribution in [2.24, 2.45) is 0 Å². The SMILES string of the molecule is O=C(O)C1CCCN1CC(F)(F)c1ccccc1. The molecule has 1 aromatic carbocycles. The summed E-state index contributed by atoms with van der Waals surface area (Å²) >= 11 is 0. The zero-order valence-corrected chi connectivity index (χ0v) is 9.85. The highest BCUT2D eigenvalue weighted by atomic mass is 19.3. The molecule has 2 rings (SSSR count). The molecule has 1 N–H and O–H groups in total. The van der Waals surface area contributed by atoms with Crippen molar-refractivity contribution in [3.8, 4) is 0 Å². The molecule has 3 nitrogen and oxygen atoms in total. The quantitative estimate of drug-likeness (QED) is 0.897. The van der Waals surface area contributed by atoms with Crippen molar-refractivity contribution in [2.45, 2.75) is 24.8 Å². The van der Waals surface area contributed by atoms with Crippen LogP contribution in [0.2, 0.25) is 0 Å². The molecule has 0 amide bonds. The summed E-state index contributed by atoms with van der Waals surface area (Å²) in [5.41, 5.74) is -0.0685. The van der Waals surface area contributed by atoms with Gasteiger partial charge in [-0.05, 0) is 19.4 Å². The summed E-state index contributed by atoms with van der Waals surface area (Å²) in [4.78, 5) is 12.3. The van der Waals surface area contributed by atoms with Gasteiger partial charge in [0.05, 0.1) is 6.54 Å². The average molecular weight is 255 g/mol. The van der Waals surface area contributed by atoms with E-state index in [4.69, 9.17) is 5.11 Å². The monoisotopic (exact) mass is 255 g/mol. The molecule has 18 heavy (non-hydrogen) atoms. The Morgan fingerprint density at radius 3 is 2.67 bits per heavy atom. The van der Waals surface area contributed by atoms with Gasteiger partial charge in [-0.3, -0.25) is 9.69 Å². The maximum atomic E-state index is 14.0. The Labute approximate surface area is 104 Å². The standard InChI is InChI=1S/C13H15F2NO2/c14-13(15,10-5-2-1-3-6-10)9-16-8-4-7-11(16)12(17)18/h1-3,5-6,11H,4,7-9H2,(H,17,18). The molecule has 1 fully saturated rings. The van der Waals surface area contributed by atoms with Crippen molar-refractivity contribution >= 4 is 5.97 Å². The zero-order chi connectivity index (χ0) is 13.2. The Kier molecular flexibility index (Phi) is 3.61. The molecular weight excluding hydrogens is 240 g/mol. The van der Waals surface area contributed by atoms with Crippen LogP contribution in [-0.2, 0) is 10.7 Å². The van der Waals surface area contributed by atoms with E-state index < -0.39 is 24.5 Å². The Morgan fingerprint density at radius 2 is 2.06 bits per heavy atom. The van der Waals surface area contributed by atoms with Gasteiger partial charge >= 0.3 is 5.97 Å². The van der Waals surface area contributed by atoms with E-state index in [1.54, 1.807) is 18.2 Å². The van der Waals surface area contributed by atoms with Gasteiger partial charge in [-0.25, -0.2) is 0 Å². The molecule has 98 valence electrons. The topological polar surface area (TPSA) is 40.5 Å². The van der Waals surface area contributed by atoms with Gasteiger partial charge in [0.15, 0.2) is 0 Å². The van der Waals surface area contributed by atoms with Crippen LogP contribution < -0.4 is 0 Å². The predicted molar refractivity (Wildman–Crippen MR) is 62.6 cm³/mol. The van der Waals surface area contributed by atoms with Gasteiger partial charge in [-0.1, -0.05) is 30.3 Å². The van der Waals surface area contributed by atoms with E-state index in [1.807, 2.05) is 0 Å². The molecule has 0 radical (unpaired) electrons. The van der Waals surface area contributed by atoms with Crippen LogP contribution >= 0.6 is 0 Å². The summed E-state index contributed by atoms with van der Waals surface area (Å²) in [5.74, 6) is -4.03. The first-order valence-corrected chi connectivity index (χ1v) is 5.91. The molecule has 1 aliphatic rings. The Hall–Kier alpha value is -1.49. The summed E-state index contributed by atoms with van der Waals surface area (Å²) in [6.07, 6.45) is 1.10. The van der Waals surface area contributed by atoms with Crippen molar-refractivity contribution < 1.29 is 18.7 Å². The van der Waals surface area contributed by atoms with Crippen molar-refractivity contribution in [3.05, 3.63) is 35.9 Å². The molecule has 0 spiro atoms. The normalized spacial score (nSPS) is 21.1. The van der Waals surface area contributed by atoms with E-state index in [-0.39, 0.29) is 5.56 Å². The summed E-state index contributed by atoms with van der Waals surface area (Å²) in [6.45, 7) is -0.118. The first kappa shape index (κ1) is 13.0. The Balaban J connectivity index is 2.11. The first-order valence-electron chi connectivity index (χ1n) is 5.91. The average Bonchev–Trinajstić information content (AvgIpc) is 2.78. The Morgan fingerprint density at radius 1 is 1.39 bits per heavy atom. The highest BCUT2D eigenvalue weighted by Gasteiger charge is 2.40. The minimum atomic E-state index is -3.01. The molecule has 1 atom stereocenters. The van der Waals surface area contributed by atoms with Crippen LogP contribution in [-0.4, -0.2) is 35.1 Å². The van der Waals surface area contributed by atoms with Crippen molar-refractivity contribution in [3.63, 3.8) is 0 Å². The van der Waals surface area contributed by atoms with Gasteiger partial charge in [0.2, 0.25) is 0 Å². The second-order valence-electron chi connectivity index (χ2n) is 4.54. The molecule has 5 heteroatoms. The van der Waals surface area contributed by atoms with E-state index in [2.05, 4.69) is 0 Å². The molecule has 1 heterocycles. The fourth-order valence-corrected chi connectivity index (χ4v) is 2.32. The second-order valence-corrected chi connectivity index (χ2v) is 4.54. The minimum Gasteiger partial charge on any atom is -0.480 e. The van der Waals surface area contributed by atoms with Crippen LogP contribution in [0.4, 0.5) is 8.78 Å². The predicted octanol–water partition coefficient (Wildman–Crippen LogP) is 2.33. The van der Waals surface area contributed by atoms with Gasteiger partial charge in [0, 0.05) is 5.56 Å². The number of hydrogen-bond acceptors (Lipinski definition) is 2. The van der Waals surface area contributed by atoms with Crippen molar-refractivity contribution in [1.29, 1.82) is 0 Å². The number of carboxylic acid groups (broad SMARTS) is 1. The smallest absolute Gasteiger partial charge is 0.320 e. The zero-order valence-electron chi connectivity index (χ0n) is 9.85. The van der Waals surface area contributed by atoms with E-state index in [1.165, 1.54) is 17.0 Å². The molecule has 0 bridgehead atoms. The molecular formula is C13H15F2NO2. The maximum absolute atomic E-state index is 14.0. The lowest BCUT2D eigenvalue weighted by Gasteiger charge is -2.26. The van der Waals surface area contributed by atoms with E-state index in [0.29, 0.717) is 19.4 Å². The number of likely N-dealkylation sites (tertiary alicyclic amines) is 1. The van der Waals surface area contributed by atoms with E-state index in [0.717, 1.165) is 0 Å². The lowest BCUT2D eigenvalue weighted by molar-refractivity contribution is -0.144. The molecule has 0 saturated carbocycles. The van der Waals surface area contributed by atoms with Gasteiger partial charge in [0.1, 0.15) is 6.04 Å². The third kappa shape index (κ3) is 2.67. The number of alkyl halides is 2. The molecule has 0 aliphatic carbocycles. The number of nitrogens with zero attached hydrogens (tertiary/aromatic N) is 1. The Bertz CT molecular complexity index is 422. The van der Waals surface area contributed by atoms with Crippen LogP contribution in [0.25, 0.3) is 0 Å². The highest BCUT2D eigenvalue weighted by Crippen LogP contribution is 2.31.